The van der Waals surface area contributed by atoms with Gasteiger partial charge in [0.1, 0.15) is 10.6 Å². The predicted molar refractivity (Wildman–Crippen MR) is 105 cm³/mol. The minimum Gasteiger partial charge on any atom is -0.465 e. The lowest BCUT2D eigenvalue weighted by Gasteiger charge is -2.12. The summed E-state index contributed by atoms with van der Waals surface area (Å²) in [5.41, 5.74) is 2.04. The fraction of sp³-hybridized carbons (Fsp3) is 0.158. The molecule has 0 bridgehead atoms. The number of fused-ring (bicyclic) bond motifs is 1. The molecule has 1 aromatic heterocycles. The number of anilines is 1. The van der Waals surface area contributed by atoms with Crippen LogP contribution in [0.2, 0.25) is 0 Å². The first kappa shape index (κ1) is 19.4. The molecule has 8 nitrogen and oxygen atoms in total. The monoisotopic (exact) mass is 401 g/mol. The summed E-state index contributed by atoms with van der Waals surface area (Å²) >= 11 is 0. The van der Waals surface area contributed by atoms with Crippen molar-refractivity contribution in [2.75, 3.05) is 18.9 Å². The van der Waals surface area contributed by atoms with E-state index in [9.17, 15) is 18.0 Å². The van der Waals surface area contributed by atoms with Crippen LogP contribution in [0.3, 0.4) is 0 Å². The minimum atomic E-state index is -4.04. The Morgan fingerprint density at radius 2 is 1.82 bits per heavy atom. The molecule has 0 atom stereocenters. The summed E-state index contributed by atoms with van der Waals surface area (Å²) in [6.07, 6.45) is 0. The number of carbonyl (C=O) groups excluding carboxylic acids is 2. The molecule has 3 N–H and O–H groups in total. The highest BCUT2D eigenvalue weighted by Gasteiger charge is 2.23. The van der Waals surface area contributed by atoms with Crippen molar-refractivity contribution in [1.82, 2.24) is 10.3 Å². The Morgan fingerprint density at radius 1 is 1.07 bits per heavy atom. The van der Waals surface area contributed by atoms with E-state index in [4.69, 9.17) is 4.74 Å². The Bertz CT molecular complexity index is 1180. The Hall–Kier alpha value is -3.33. The standard InChI is InChI=1S/C19H19N3O5S/c1-11-4-7-17(14(8-11)19(24)27-3)28(25,26)22-13-5-6-15-12(9-13)10-16(21-15)18(23)20-2/h4-10,21-22H,1-3H3,(H,20,23). The number of hydrogen-bond donors (Lipinski definition) is 3. The van der Waals surface area contributed by atoms with Crippen molar-refractivity contribution < 1.29 is 22.7 Å². The van der Waals surface area contributed by atoms with E-state index in [-0.39, 0.29) is 16.4 Å². The van der Waals surface area contributed by atoms with Crippen LogP contribution in [0, 0.1) is 6.92 Å². The number of esters is 1. The summed E-state index contributed by atoms with van der Waals surface area (Å²) in [6, 6.07) is 10.9. The molecule has 0 saturated heterocycles. The first-order valence-electron chi connectivity index (χ1n) is 8.32. The van der Waals surface area contributed by atoms with Gasteiger partial charge in [0.2, 0.25) is 0 Å². The molecule has 0 spiro atoms. The summed E-state index contributed by atoms with van der Waals surface area (Å²) in [5.74, 6) is -1.01. The van der Waals surface area contributed by atoms with Crippen molar-refractivity contribution in [3.63, 3.8) is 0 Å². The number of aromatic nitrogens is 1. The van der Waals surface area contributed by atoms with Crippen molar-refractivity contribution in [2.24, 2.45) is 0 Å². The van der Waals surface area contributed by atoms with Crippen molar-refractivity contribution in [3.8, 4) is 0 Å². The highest BCUT2D eigenvalue weighted by atomic mass is 32.2. The van der Waals surface area contributed by atoms with Crippen LogP contribution >= 0.6 is 0 Å². The van der Waals surface area contributed by atoms with Crippen molar-refractivity contribution >= 4 is 38.5 Å². The summed E-state index contributed by atoms with van der Waals surface area (Å²) in [4.78, 5) is 26.5. The molecule has 1 heterocycles. The molecule has 146 valence electrons. The molecule has 0 radical (unpaired) electrons. The number of H-pyrrole nitrogens is 1. The van der Waals surface area contributed by atoms with Gasteiger partial charge in [-0.3, -0.25) is 9.52 Å². The Morgan fingerprint density at radius 3 is 2.50 bits per heavy atom. The highest BCUT2D eigenvalue weighted by molar-refractivity contribution is 7.92. The number of hydrogen-bond acceptors (Lipinski definition) is 5. The molecule has 3 rings (SSSR count). The molecule has 0 aliphatic carbocycles. The maximum Gasteiger partial charge on any atom is 0.339 e. The van der Waals surface area contributed by atoms with E-state index in [0.717, 1.165) is 5.56 Å². The molecular weight excluding hydrogens is 382 g/mol. The second kappa shape index (κ2) is 7.35. The van der Waals surface area contributed by atoms with E-state index in [1.807, 2.05) is 0 Å². The molecule has 1 amide bonds. The SMILES string of the molecule is CNC(=O)c1cc2cc(NS(=O)(=O)c3ccc(C)cc3C(=O)OC)ccc2[nH]1. The van der Waals surface area contributed by atoms with Crippen molar-refractivity contribution in [1.29, 1.82) is 0 Å². The molecule has 0 fully saturated rings. The maximum atomic E-state index is 12.9. The number of amides is 1. The largest absolute Gasteiger partial charge is 0.465 e. The number of aryl methyl sites for hydroxylation is 1. The van der Waals surface area contributed by atoms with Gasteiger partial charge in [-0.05, 0) is 43.3 Å². The number of rotatable bonds is 5. The van der Waals surface area contributed by atoms with Crippen LogP contribution < -0.4 is 10.0 Å². The van der Waals surface area contributed by atoms with E-state index < -0.39 is 16.0 Å². The average molecular weight is 401 g/mol. The van der Waals surface area contributed by atoms with Gasteiger partial charge in [0.05, 0.1) is 12.7 Å². The van der Waals surface area contributed by atoms with Crippen molar-refractivity contribution in [2.45, 2.75) is 11.8 Å². The Labute approximate surface area is 162 Å². The summed E-state index contributed by atoms with van der Waals surface area (Å²) in [7, 11) is -1.32. The van der Waals surface area contributed by atoms with Gasteiger partial charge in [-0.15, -0.1) is 0 Å². The van der Waals surface area contributed by atoms with Crippen LogP contribution in [-0.2, 0) is 14.8 Å². The lowest BCUT2D eigenvalue weighted by atomic mass is 10.1. The van der Waals surface area contributed by atoms with E-state index in [1.165, 1.54) is 26.3 Å². The molecule has 9 heteroatoms. The lowest BCUT2D eigenvalue weighted by molar-refractivity contribution is 0.0596. The highest BCUT2D eigenvalue weighted by Crippen LogP contribution is 2.25. The first-order valence-corrected chi connectivity index (χ1v) is 9.80. The average Bonchev–Trinajstić information content (AvgIpc) is 3.09. The van der Waals surface area contributed by atoms with Gasteiger partial charge in [-0.1, -0.05) is 11.6 Å². The van der Waals surface area contributed by atoms with E-state index in [1.54, 1.807) is 37.3 Å². The third-order valence-corrected chi connectivity index (χ3v) is 5.61. The second-order valence-corrected chi connectivity index (χ2v) is 7.81. The zero-order chi connectivity index (χ0) is 20.5. The summed E-state index contributed by atoms with van der Waals surface area (Å²) in [5, 5.41) is 3.18. The van der Waals surface area contributed by atoms with E-state index in [2.05, 4.69) is 15.0 Å². The molecule has 0 saturated carbocycles. The topological polar surface area (TPSA) is 117 Å². The number of carbonyl (C=O) groups is 2. The van der Waals surface area contributed by atoms with Gasteiger partial charge in [-0.25, -0.2) is 13.2 Å². The molecule has 28 heavy (non-hydrogen) atoms. The first-order chi connectivity index (χ1) is 13.2. The van der Waals surface area contributed by atoms with Gasteiger partial charge >= 0.3 is 5.97 Å². The number of benzene rings is 2. The van der Waals surface area contributed by atoms with Crippen LogP contribution in [0.1, 0.15) is 26.4 Å². The third-order valence-electron chi connectivity index (χ3n) is 4.17. The summed E-state index contributed by atoms with van der Waals surface area (Å²) < 4.78 is 32.9. The number of nitrogens with one attached hydrogen (secondary N) is 3. The molecule has 0 aliphatic heterocycles. The zero-order valence-corrected chi connectivity index (χ0v) is 16.3. The minimum absolute atomic E-state index is 0.0420. The molecule has 3 aromatic rings. The fourth-order valence-corrected chi connectivity index (χ4v) is 4.04. The smallest absolute Gasteiger partial charge is 0.339 e. The lowest BCUT2D eigenvalue weighted by Crippen LogP contribution is -2.17. The molecule has 0 unspecified atom stereocenters. The zero-order valence-electron chi connectivity index (χ0n) is 15.5. The maximum absolute atomic E-state index is 12.9. The van der Waals surface area contributed by atoms with E-state index >= 15 is 0 Å². The van der Waals surface area contributed by atoms with E-state index in [0.29, 0.717) is 22.3 Å². The Kier molecular flexibility index (Phi) is 5.10. The third kappa shape index (κ3) is 3.70. The van der Waals surface area contributed by atoms with Crippen LogP contribution in [-0.4, -0.2) is 39.4 Å². The number of sulfonamides is 1. The van der Waals surface area contributed by atoms with Gasteiger partial charge < -0.3 is 15.0 Å². The van der Waals surface area contributed by atoms with Crippen LogP contribution in [0.5, 0.6) is 0 Å². The van der Waals surface area contributed by atoms with Crippen LogP contribution in [0.4, 0.5) is 5.69 Å². The van der Waals surface area contributed by atoms with Crippen LogP contribution in [0.25, 0.3) is 10.9 Å². The molecule has 2 aromatic carbocycles. The normalized spacial score (nSPS) is 11.2. The number of methoxy groups -OCH3 is 1. The van der Waals surface area contributed by atoms with Gasteiger partial charge in [0, 0.05) is 23.6 Å². The van der Waals surface area contributed by atoms with Crippen LogP contribution in [0.15, 0.2) is 47.4 Å². The molecular formula is C19H19N3O5S. The van der Waals surface area contributed by atoms with Gasteiger partial charge in [0.25, 0.3) is 15.9 Å². The Balaban J connectivity index is 1.99. The number of aromatic amines is 1. The quantitative estimate of drug-likeness (QED) is 0.568. The van der Waals surface area contributed by atoms with Crippen molar-refractivity contribution in [3.05, 3.63) is 59.3 Å². The van der Waals surface area contributed by atoms with Gasteiger partial charge in [-0.2, -0.15) is 0 Å². The summed E-state index contributed by atoms with van der Waals surface area (Å²) in [6.45, 7) is 1.75. The number of ether oxygens (including phenoxy) is 1. The molecule has 0 aliphatic rings. The second-order valence-electron chi connectivity index (χ2n) is 6.16. The predicted octanol–water partition coefficient (Wildman–Crippen LogP) is 2.42. The fourth-order valence-electron chi connectivity index (χ4n) is 2.81. The van der Waals surface area contributed by atoms with Gasteiger partial charge in [0.15, 0.2) is 0 Å².